The Morgan fingerprint density at radius 1 is 1.15 bits per heavy atom. The molecule has 148 valence electrons. The fourth-order valence-corrected chi connectivity index (χ4v) is 3.14. The molecule has 1 aliphatic rings. The first-order valence-electron chi connectivity index (χ1n) is 9.28. The second kappa shape index (κ2) is 9.91. The van der Waals surface area contributed by atoms with E-state index in [9.17, 15) is 14.4 Å². The zero-order valence-electron chi connectivity index (χ0n) is 15.9. The highest BCUT2D eigenvalue weighted by molar-refractivity contribution is 5.92. The molecule has 0 aliphatic carbocycles. The number of nitrogens with zero attached hydrogens (tertiary/aromatic N) is 1. The molecule has 0 bridgehead atoms. The van der Waals surface area contributed by atoms with E-state index in [1.807, 2.05) is 44.2 Å². The number of likely N-dealkylation sites (tertiary alicyclic amines) is 1. The van der Waals surface area contributed by atoms with Crippen molar-refractivity contribution in [2.45, 2.75) is 38.8 Å². The molecular weight excluding hydrogens is 346 g/mol. The third kappa shape index (κ3) is 6.90. The number of hydrogen-bond donors (Lipinski definition) is 4. The van der Waals surface area contributed by atoms with Crippen LogP contribution in [0.2, 0.25) is 0 Å². The average Bonchev–Trinajstić information content (AvgIpc) is 2.61. The average molecular weight is 375 g/mol. The lowest BCUT2D eigenvalue weighted by molar-refractivity contribution is -0.125. The van der Waals surface area contributed by atoms with Gasteiger partial charge in [-0.2, -0.15) is 0 Å². The maximum absolute atomic E-state index is 12.4. The molecule has 0 unspecified atom stereocenters. The Morgan fingerprint density at radius 2 is 1.78 bits per heavy atom. The molecule has 4 amide bonds. The summed E-state index contributed by atoms with van der Waals surface area (Å²) in [6, 6.07) is 8.04. The van der Waals surface area contributed by atoms with Gasteiger partial charge in [0.2, 0.25) is 11.8 Å². The van der Waals surface area contributed by atoms with Crippen LogP contribution in [-0.4, -0.2) is 54.5 Å². The van der Waals surface area contributed by atoms with Crippen LogP contribution in [0.5, 0.6) is 0 Å². The Bertz CT molecular complexity index is 642. The molecule has 1 aromatic carbocycles. The van der Waals surface area contributed by atoms with Crippen molar-refractivity contribution in [2.75, 3.05) is 25.0 Å². The van der Waals surface area contributed by atoms with E-state index in [4.69, 9.17) is 5.73 Å². The van der Waals surface area contributed by atoms with Gasteiger partial charge in [0.25, 0.3) is 0 Å². The second-order valence-corrected chi connectivity index (χ2v) is 7.20. The molecule has 8 heteroatoms. The van der Waals surface area contributed by atoms with Gasteiger partial charge in [0, 0.05) is 24.8 Å². The predicted octanol–water partition coefficient (Wildman–Crippen LogP) is 0.899. The number of carbonyl (C=O) groups excluding carboxylic acids is 3. The molecule has 1 heterocycles. The number of hydrogen-bond acceptors (Lipinski definition) is 4. The Balaban J connectivity index is 1.75. The van der Waals surface area contributed by atoms with Gasteiger partial charge in [-0.3, -0.25) is 14.5 Å². The number of amides is 4. The molecule has 27 heavy (non-hydrogen) atoms. The summed E-state index contributed by atoms with van der Waals surface area (Å²) in [5, 5.41) is 8.35. The molecule has 2 rings (SSSR count). The first-order valence-corrected chi connectivity index (χ1v) is 9.28. The highest BCUT2D eigenvalue weighted by Gasteiger charge is 2.27. The van der Waals surface area contributed by atoms with Crippen molar-refractivity contribution in [3.8, 4) is 0 Å². The van der Waals surface area contributed by atoms with Crippen LogP contribution in [0.3, 0.4) is 0 Å². The molecule has 0 radical (unpaired) electrons. The van der Waals surface area contributed by atoms with E-state index >= 15 is 0 Å². The van der Waals surface area contributed by atoms with Crippen LogP contribution in [0.1, 0.15) is 26.7 Å². The summed E-state index contributed by atoms with van der Waals surface area (Å²) < 4.78 is 0. The summed E-state index contributed by atoms with van der Waals surface area (Å²) in [5.74, 6) is -0.322. The van der Waals surface area contributed by atoms with Crippen LogP contribution < -0.4 is 21.7 Å². The van der Waals surface area contributed by atoms with Crippen molar-refractivity contribution in [3.63, 3.8) is 0 Å². The number of nitrogens with one attached hydrogen (secondary N) is 3. The van der Waals surface area contributed by atoms with Gasteiger partial charge in [0.1, 0.15) is 6.04 Å². The molecular formula is C19H29N5O3. The van der Waals surface area contributed by atoms with E-state index in [-0.39, 0.29) is 23.8 Å². The molecule has 5 N–H and O–H groups in total. The quantitative estimate of drug-likeness (QED) is 0.566. The van der Waals surface area contributed by atoms with Crippen LogP contribution in [0.25, 0.3) is 0 Å². The summed E-state index contributed by atoms with van der Waals surface area (Å²) in [6.07, 6.45) is 1.51. The van der Waals surface area contributed by atoms with E-state index in [0.717, 1.165) is 31.6 Å². The van der Waals surface area contributed by atoms with Gasteiger partial charge in [-0.25, -0.2) is 4.79 Å². The van der Waals surface area contributed by atoms with Gasteiger partial charge in [-0.15, -0.1) is 0 Å². The van der Waals surface area contributed by atoms with E-state index in [2.05, 4.69) is 20.9 Å². The van der Waals surface area contributed by atoms with Gasteiger partial charge in [-0.05, 0) is 30.9 Å². The lowest BCUT2D eigenvalue weighted by Gasteiger charge is -2.33. The van der Waals surface area contributed by atoms with Crippen molar-refractivity contribution in [1.29, 1.82) is 0 Å². The minimum absolute atomic E-state index is 0.0295. The number of urea groups is 1. The van der Waals surface area contributed by atoms with E-state index in [1.165, 1.54) is 0 Å². The molecule has 1 aromatic rings. The van der Waals surface area contributed by atoms with E-state index in [1.54, 1.807) is 0 Å². The zero-order valence-corrected chi connectivity index (χ0v) is 15.9. The van der Waals surface area contributed by atoms with Crippen LogP contribution >= 0.6 is 0 Å². The largest absolute Gasteiger partial charge is 0.352 e. The normalized spacial score (nSPS) is 16.6. The number of primary amides is 1. The van der Waals surface area contributed by atoms with Gasteiger partial charge < -0.3 is 21.7 Å². The molecule has 1 fully saturated rings. The number of rotatable bonds is 7. The minimum Gasteiger partial charge on any atom is -0.352 e. The summed E-state index contributed by atoms with van der Waals surface area (Å²) in [4.78, 5) is 37.7. The summed E-state index contributed by atoms with van der Waals surface area (Å²) >= 11 is 0. The second-order valence-electron chi connectivity index (χ2n) is 7.20. The van der Waals surface area contributed by atoms with Gasteiger partial charge >= 0.3 is 6.03 Å². The Kier molecular flexibility index (Phi) is 7.60. The van der Waals surface area contributed by atoms with E-state index < -0.39 is 12.1 Å². The van der Waals surface area contributed by atoms with Crippen LogP contribution in [0.15, 0.2) is 30.3 Å². The molecule has 1 saturated heterocycles. The van der Waals surface area contributed by atoms with Crippen molar-refractivity contribution < 1.29 is 14.4 Å². The Morgan fingerprint density at radius 3 is 2.33 bits per heavy atom. The van der Waals surface area contributed by atoms with Crippen molar-refractivity contribution in [1.82, 2.24) is 15.5 Å². The number of para-hydroxylation sites is 1. The molecule has 0 saturated carbocycles. The summed E-state index contributed by atoms with van der Waals surface area (Å²) in [6.45, 7) is 5.49. The molecule has 0 aromatic heterocycles. The number of carbonyl (C=O) groups is 3. The van der Waals surface area contributed by atoms with Gasteiger partial charge in [-0.1, -0.05) is 32.0 Å². The Labute approximate surface area is 159 Å². The predicted molar refractivity (Wildman–Crippen MR) is 104 cm³/mol. The first-order chi connectivity index (χ1) is 12.8. The van der Waals surface area contributed by atoms with Crippen LogP contribution in [0, 0.1) is 5.92 Å². The van der Waals surface area contributed by atoms with Gasteiger partial charge in [0.15, 0.2) is 0 Å². The minimum atomic E-state index is -0.705. The third-order valence-electron chi connectivity index (χ3n) is 4.61. The van der Waals surface area contributed by atoms with Crippen molar-refractivity contribution in [3.05, 3.63) is 30.3 Å². The summed E-state index contributed by atoms with van der Waals surface area (Å²) in [7, 11) is 0. The number of piperidine rings is 1. The fourth-order valence-electron chi connectivity index (χ4n) is 3.14. The monoisotopic (exact) mass is 375 g/mol. The van der Waals surface area contributed by atoms with Crippen molar-refractivity contribution in [2.24, 2.45) is 11.7 Å². The lowest BCUT2D eigenvalue weighted by atomic mass is 10.0. The van der Waals surface area contributed by atoms with E-state index in [0.29, 0.717) is 6.54 Å². The molecule has 8 nitrogen and oxygen atoms in total. The van der Waals surface area contributed by atoms with Gasteiger partial charge in [0.05, 0.1) is 6.54 Å². The van der Waals surface area contributed by atoms with Crippen molar-refractivity contribution >= 4 is 23.5 Å². The maximum atomic E-state index is 12.4. The molecule has 1 atom stereocenters. The summed E-state index contributed by atoms with van der Waals surface area (Å²) in [5.41, 5.74) is 5.93. The molecule has 1 aliphatic heterocycles. The fraction of sp³-hybridized carbons (Fsp3) is 0.526. The SMILES string of the molecule is CC(C)[C@H](NC(N)=O)C(=O)NC1CCN(CC(=O)Nc2ccccc2)CC1. The standard InChI is InChI=1S/C19H29N5O3/c1-13(2)17(23-19(20)27)18(26)22-15-8-10-24(11-9-15)12-16(25)21-14-6-4-3-5-7-14/h3-7,13,15,17H,8-12H2,1-2H3,(H,21,25)(H,22,26)(H3,20,23,27)/t17-/m0/s1. The highest BCUT2D eigenvalue weighted by atomic mass is 16.2. The first kappa shape index (κ1) is 20.7. The topological polar surface area (TPSA) is 117 Å². The smallest absolute Gasteiger partial charge is 0.312 e. The molecule has 0 spiro atoms. The maximum Gasteiger partial charge on any atom is 0.312 e. The Hall–Kier alpha value is -2.61. The number of anilines is 1. The number of nitrogens with two attached hydrogens (primary N) is 1. The number of benzene rings is 1. The lowest BCUT2D eigenvalue weighted by Crippen LogP contribution is -2.55. The highest BCUT2D eigenvalue weighted by Crippen LogP contribution is 2.12. The van der Waals surface area contributed by atoms with Crippen LogP contribution in [-0.2, 0) is 9.59 Å². The third-order valence-corrected chi connectivity index (χ3v) is 4.61. The zero-order chi connectivity index (χ0) is 19.8. The van der Waals surface area contributed by atoms with Crippen LogP contribution in [0.4, 0.5) is 10.5 Å².